The van der Waals surface area contributed by atoms with Crippen LogP contribution in [-0.2, 0) is 0 Å². The average molecular weight is 374 g/mol. The van der Waals surface area contributed by atoms with E-state index in [1.165, 1.54) is 32.4 Å². The maximum Gasteiger partial charge on any atom is 0.197 e. The van der Waals surface area contributed by atoms with Crippen LogP contribution in [-0.4, -0.2) is 20.0 Å². The lowest BCUT2D eigenvalue weighted by Gasteiger charge is -2.13. The van der Waals surface area contributed by atoms with Gasteiger partial charge in [-0.15, -0.1) is 0 Å². The standard InChI is InChI=1S/C15H11BrClFO3/c1-20-12-6-5-10(15(21-2)13(12)17)14(19)9-4-3-8(18)7-11(9)16/h3-7H,1-2H3. The minimum absolute atomic E-state index is 0.212. The molecular formula is C15H11BrClFO3. The van der Waals surface area contributed by atoms with Crippen molar-refractivity contribution in [2.75, 3.05) is 14.2 Å². The minimum Gasteiger partial charge on any atom is -0.495 e. The third-order valence-corrected chi connectivity index (χ3v) is 3.92. The quantitative estimate of drug-likeness (QED) is 0.741. The Morgan fingerprint density at radius 1 is 1.14 bits per heavy atom. The second-order valence-corrected chi connectivity index (χ2v) is 5.35. The Hall–Kier alpha value is -1.59. The first-order valence-corrected chi connectivity index (χ1v) is 7.07. The van der Waals surface area contributed by atoms with Crippen molar-refractivity contribution in [1.29, 1.82) is 0 Å². The lowest BCUT2D eigenvalue weighted by atomic mass is 10.0. The fraction of sp³-hybridized carbons (Fsp3) is 0.133. The summed E-state index contributed by atoms with van der Waals surface area (Å²) in [5.41, 5.74) is 0.589. The number of methoxy groups -OCH3 is 2. The van der Waals surface area contributed by atoms with Crippen LogP contribution in [0.3, 0.4) is 0 Å². The van der Waals surface area contributed by atoms with Crippen molar-refractivity contribution >= 4 is 33.3 Å². The lowest BCUT2D eigenvalue weighted by molar-refractivity contribution is 0.103. The SMILES string of the molecule is COc1ccc(C(=O)c2ccc(F)cc2Br)c(OC)c1Cl. The molecule has 0 aliphatic rings. The van der Waals surface area contributed by atoms with Gasteiger partial charge in [-0.2, -0.15) is 0 Å². The first kappa shape index (κ1) is 15.8. The van der Waals surface area contributed by atoms with Crippen LogP contribution >= 0.6 is 27.5 Å². The van der Waals surface area contributed by atoms with Gasteiger partial charge in [-0.05, 0) is 46.3 Å². The molecule has 2 aromatic carbocycles. The normalized spacial score (nSPS) is 10.3. The molecule has 0 saturated heterocycles. The van der Waals surface area contributed by atoms with Gasteiger partial charge >= 0.3 is 0 Å². The van der Waals surface area contributed by atoms with E-state index in [1.54, 1.807) is 12.1 Å². The van der Waals surface area contributed by atoms with Crippen molar-refractivity contribution in [3.05, 3.63) is 56.8 Å². The zero-order valence-corrected chi connectivity index (χ0v) is 13.6. The zero-order chi connectivity index (χ0) is 15.6. The molecule has 0 fully saturated rings. The maximum absolute atomic E-state index is 13.1. The molecule has 0 amide bonds. The summed E-state index contributed by atoms with van der Waals surface area (Å²) in [5, 5.41) is 0.212. The van der Waals surface area contributed by atoms with Crippen molar-refractivity contribution in [3.63, 3.8) is 0 Å². The molecular weight excluding hydrogens is 363 g/mol. The van der Waals surface area contributed by atoms with E-state index in [9.17, 15) is 9.18 Å². The number of ether oxygens (including phenoxy) is 2. The molecule has 0 unspecified atom stereocenters. The predicted molar refractivity (Wildman–Crippen MR) is 82.1 cm³/mol. The summed E-state index contributed by atoms with van der Waals surface area (Å²) in [5.74, 6) is -0.137. The molecule has 0 heterocycles. The Balaban J connectivity index is 2.55. The Morgan fingerprint density at radius 2 is 1.81 bits per heavy atom. The van der Waals surface area contributed by atoms with Gasteiger partial charge < -0.3 is 9.47 Å². The summed E-state index contributed by atoms with van der Waals surface area (Å²) in [6, 6.07) is 6.98. The van der Waals surface area contributed by atoms with Crippen LogP contribution < -0.4 is 9.47 Å². The summed E-state index contributed by atoms with van der Waals surface area (Å²) in [6.07, 6.45) is 0. The fourth-order valence-corrected chi connectivity index (χ4v) is 2.74. The van der Waals surface area contributed by atoms with Crippen molar-refractivity contribution < 1.29 is 18.7 Å². The van der Waals surface area contributed by atoms with Gasteiger partial charge in [-0.1, -0.05) is 11.6 Å². The van der Waals surface area contributed by atoms with Crippen LogP contribution in [0.5, 0.6) is 11.5 Å². The Morgan fingerprint density at radius 3 is 2.38 bits per heavy atom. The van der Waals surface area contributed by atoms with E-state index in [0.717, 1.165) is 0 Å². The number of ketones is 1. The first-order valence-electron chi connectivity index (χ1n) is 5.89. The van der Waals surface area contributed by atoms with Crippen molar-refractivity contribution in [2.45, 2.75) is 0 Å². The average Bonchev–Trinajstić information content (AvgIpc) is 2.46. The van der Waals surface area contributed by atoms with Crippen LogP contribution in [0.1, 0.15) is 15.9 Å². The Bertz CT molecular complexity index is 704. The largest absolute Gasteiger partial charge is 0.495 e. The molecule has 0 aliphatic heterocycles. The minimum atomic E-state index is -0.432. The third-order valence-electron chi connectivity index (χ3n) is 2.91. The van der Waals surface area contributed by atoms with Crippen LogP contribution in [0.4, 0.5) is 4.39 Å². The van der Waals surface area contributed by atoms with Crippen LogP contribution in [0.15, 0.2) is 34.8 Å². The van der Waals surface area contributed by atoms with E-state index in [4.69, 9.17) is 21.1 Å². The van der Waals surface area contributed by atoms with E-state index >= 15 is 0 Å². The Labute approximate surface area is 134 Å². The predicted octanol–water partition coefficient (Wildman–Crippen LogP) is 4.49. The molecule has 110 valence electrons. The molecule has 0 atom stereocenters. The molecule has 0 aliphatic carbocycles. The molecule has 0 spiro atoms. The number of carbonyl (C=O) groups excluding carboxylic acids is 1. The number of benzene rings is 2. The van der Waals surface area contributed by atoms with Gasteiger partial charge in [0.2, 0.25) is 0 Å². The Kier molecular flexibility index (Phi) is 4.85. The molecule has 0 aromatic heterocycles. The van der Waals surface area contributed by atoms with E-state index in [0.29, 0.717) is 15.8 Å². The van der Waals surface area contributed by atoms with Gasteiger partial charge in [0.05, 0.1) is 19.8 Å². The van der Waals surface area contributed by atoms with Gasteiger partial charge in [0, 0.05) is 10.0 Å². The molecule has 2 rings (SSSR count). The van der Waals surface area contributed by atoms with E-state index in [2.05, 4.69) is 15.9 Å². The smallest absolute Gasteiger partial charge is 0.197 e. The third kappa shape index (κ3) is 3.04. The molecule has 2 aromatic rings. The van der Waals surface area contributed by atoms with E-state index < -0.39 is 5.82 Å². The van der Waals surface area contributed by atoms with Gasteiger partial charge in [0.15, 0.2) is 11.5 Å². The highest BCUT2D eigenvalue weighted by Crippen LogP contribution is 2.38. The van der Waals surface area contributed by atoms with Crippen LogP contribution in [0.2, 0.25) is 5.02 Å². The second kappa shape index (κ2) is 6.45. The molecule has 6 heteroatoms. The van der Waals surface area contributed by atoms with Crippen molar-refractivity contribution in [3.8, 4) is 11.5 Å². The number of rotatable bonds is 4. The number of halogens is 3. The highest BCUT2D eigenvalue weighted by Gasteiger charge is 2.21. The molecule has 3 nitrogen and oxygen atoms in total. The van der Waals surface area contributed by atoms with Crippen LogP contribution in [0.25, 0.3) is 0 Å². The van der Waals surface area contributed by atoms with Gasteiger partial charge in [-0.3, -0.25) is 4.79 Å². The molecule has 0 bridgehead atoms. The summed E-state index contributed by atoms with van der Waals surface area (Å²) < 4.78 is 23.8. The lowest BCUT2D eigenvalue weighted by Crippen LogP contribution is -2.06. The summed E-state index contributed by atoms with van der Waals surface area (Å²) in [4.78, 5) is 12.6. The van der Waals surface area contributed by atoms with Crippen molar-refractivity contribution in [1.82, 2.24) is 0 Å². The monoisotopic (exact) mass is 372 g/mol. The highest BCUT2D eigenvalue weighted by atomic mass is 79.9. The topological polar surface area (TPSA) is 35.5 Å². The highest BCUT2D eigenvalue weighted by molar-refractivity contribution is 9.10. The first-order chi connectivity index (χ1) is 9.99. The summed E-state index contributed by atoms with van der Waals surface area (Å²) in [6.45, 7) is 0. The van der Waals surface area contributed by atoms with E-state index in [1.807, 2.05) is 0 Å². The van der Waals surface area contributed by atoms with Gasteiger partial charge in [-0.25, -0.2) is 4.39 Å². The number of carbonyl (C=O) groups is 1. The van der Waals surface area contributed by atoms with Gasteiger partial charge in [0.25, 0.3) is 0 Å². The number of hydrogen-bond acceptors (Lipinski definition) is 3. The molecule has 0 N–H and O–H groups in total. The zero-order valence-electron chi connectivity index (χ0n) is 11.2. The molecule has 0 saturated carbocycles. The number of hydrogen-bond donors (Lipinski definition) is 0. The molecule has 21 heavy (non-hydrogen) atoms. The summed E-state index contributed by atoms with van der Waals surface area (Å²) >= 11 is 9.32. The van der Waals surface area contributed by atoms with Crippen LogP contribution in [0, 0.1) is 5.82 Å². The second-order valence-electron chi connectivity index (χ2n) is 4.12. The van der Waals surface area contributed by atoms with Crippen molar-refractivity contribution in [2.24, 2.45) is 0 Å². The fourth-order valence-electron chi connectivity index (χ4n) is 1.89. The maximum atomic E-state index is 13.1. The summed E-state index contributed by atoms with van der Waals surface area (Å²) in [7, 11) is 2.88. The molecule has 0 radical (unpaired) electrons. The van der Waals surface area contributed by atoms with E-state index in [-0.39, 0.29) is 22.1 Å². The van der Waals surface area contributed by atoms with Gasteiger partial charge in [0.1, 0.15) is 16.6 Å².